The molecule has 0 unspecified atom stereocenters. The summed E-state index contributed by atoms with van der Waals surface area (Å²) in [6.07, 6.45) is 2.56. The average molecular weight is 678 g/mol. The van der Waals surface area contributed by atoms with Crippen molar-refractivity contribution in [3.8, 4) is 5.69 Å². The zero-order valence-corrected chi connectivity index (χ0v) is 25.7. The maximum absolute atomic E-state index is 15.2. The number of anilines is 1. The molecule has 6 rings (SSSR count). The third kappa shape index (κ3) is 7.31. The molecule has 2 atom stereocenters. The van der Waals surface area contributed by atoms with Gasteiger partial charge in [0.1, 0.15) is 35.5 Å². The van der Waals surface area contributed by atoms with Crippen LogP contribution in [0.2, 0.25) is 0 Å². The molecule has 0 bridgehead atoms. The number of benzene rings is 2. The first-order valence-corrected chi connectivity index (χ1v) is 14.3. The van der Waals surface area contributed by atoms with Crippen molar-refractivity contribution in [1.29, 1.82) is 0 Å². The monoisotopic (exact) mass is 677 g/mol. The predicted molar refractivity (Wildman–Crippen MR) is 152 cm³/mol. The minimum absolute atomic E-state index is 0. The molecule has 2 amide bonds. The number of rotatable bonds is 10. The van der Waals surface area contributed by atoms with Crippen molar-refractivity contribution in [3.63, 3.8) is 0 Å². The lowest BCUT2D eigenvalue weighted by molar-refractivity contribution is -0.158. The highest BCUT2D eigenvalue weighted by Crippen LogP contribution is 2.35. The normalized spacial score (nSPS) is 18.5. The van der Waals surface area contributed by atoms with Gasteiger partial charge in [-0.05, 0) is 47.7 Å². The molecule has 0 saturated carbocycles. The van der Waals surface area contributed by atoms with Gasteiger partial charge in [0.15, 0.2) is 12.8 Å². The number of halogens is 3. The minimum Gasteiger partial charge on any atom is -1.00 e. The maximum Gasteiger partial charge on any atom is 0.547 e. The maximum atomic E-state index is 15.2. The van der Waals surface area contributed by atoms with Crippen LogP contribution >= 0.6 is 0 Å². The molecule has 1 N–H and O–H groups in total. The van der Waals surface area contributed by atoms with E-state index in [1.54, 1.807) is 31.2 Å². The Kier molecular flexibility index (Phi) is 10.3. The van der Waals surface area contributed by atoms with Crippen molar-refractivity contribution in [2.24, 2.45) is 5.10 Å². The Hall–Kier alpha value is -4.74. The molecule has 0 aliphatic carbocycles. The molecular formula is C28H30ClF2N9O7. The highest BCUT2D eigenvalue weighted by atomic mass is 35.5. The summed E-state index contributed by atoms with van der Waals surface area (Å²) in [4.78, 5) is 30.1. The number of nitrogens with zero attached hydrogens (tertiary/aromatic N) is 9. The van der Waals surface area contributed by atoms with E-state index in [-0.39, 0.29) is 64.5 Å². The van der Waals surface area contributed by atoms with Crippen molar-refractivity contribution in [2.45, 2.75) is 24.7 Å². The van der Waals surface area contributed by atoms with Crippen LogP contribution in [0.25, 0.3) is 5.69 Å². The lowest BCUT2D eigenvalue weighted by Gasteiger charge is -2.40. The van der Waals surface area contributed by atoms with Gasteiger partial charge in [-0.15, -0.1) is 5.10 Å². The Balaban J connectivity index is 0.00000433. The standard InChI is InChI=1S/C28H30F2N9O7.ClH/c1-19(37-8-9-38(26(37)40)21-3-5-22(6-4-21)39-14-31-33-34-39)28(42,24-7-2-20(29)10-25(24)30)13-36-16-35(15-32-36)17-45-27(41)46-23-11-43-18-44-12-23;/h2-7,10,14,19,23,42H,8-9,11-13,16-18H2,1H3;1H/q+1;/p-1/t19-,28+;/m1./s1. The van der Waals surface area contributed by atoms with Crippen molar-refractivity contribution >= 4 is 24.2 Å². The Labute approximate surface area is 273 Å². The Morgan fingerprint density at radius 2 is 1.89 bits per heavy atom. The van der Waals surface area contributed by atoms with Crippen LogP contribution in [-0.4, -0.2) is 124 Å². The lowest BCUT2D eigenvalue weighted by Crippen LogP contribution is -3.00. The summed E-state index contributed by atoms with van der Waals surface area (Å²) in [5.74, 6) is -1.80. The third-order valence-electron chi connectivity index (χ3n) is 7.83. The summed E-state index contributed by atoms with van der Waals surface area (Å²) in [6, 6.07) is 8.44. The van der Waals surface area contributed by atoms with E-state index in [1.807, 2.05) is 0 Å². The second kappa shape index (κ2) is 14.4. The fourth-order valence-corrected chi connectivity index (χ4v) is 5.41. The summed E-state index contributed by atoms with van der Waals surface area (Å²) in [7, 11) is 0. The van der Waals surface area contributed by atoms with E-state index >= 15 is 4.39 Å². The number of tetrazole rings is 1. The Bertz CT molecular complexity index is 1570. The van der Waals surface area contributed by atoms with Crippen LogP contribution in [0.4, 0.5) is 24.1 Å². The third-order valence-corrected chi connectivity index (χ3v) is 7.83. The van der Waals surface area contributed by atoms with Crippen LogP contribution in [0.15, 0.2) is 53.9 Å². The van der Waals surface area contributed by atoms with Gasteiger partial charge in [0, 0.05) is 30.4 Å². The number of hydrogen-bond acceptors (Lipinski definition) is 13. The van der Waals surface area contributed by atoms with E-state index in [9.17, 15) is 19.1 Å². The number of ether oxygens (including phenoxy) is 4. The van der Waals surface area contributed by atoms with Crippen LogP contribution < -0.4 is 17.3 Å². The average Bonchev–Trinajstić information content (AvgIpc) is 3.82. The number of amides is 2. The van der Waals surface area contributed by atoms with E-state index in [4.69, 9.17) is 18.9 Å². The van der Waals surface area contributed by atoms with Crippen molar-refractivity contribution < 1.29 is 54.8 Å². The highest BCUT2D eigenvalue weighted by molar-refractivity contribution is 5.94. The Morgan fingerprint density at radius 3 is 2.60 bits per heavy atom. The minimum atomic E-state index is -2.06. The van der Waals surface area contributed by atoms with Crippen LogP contribution in [0.1, 0.15) is 12.5 Å². The van der Waals surface area contributed by atoms with Gasteiger partial charge in [-0.1, -0.05) is 11.0 Å². The second-order valence-electron chi connectivity index (χ2n) is 10.8. The van der Waals surface area contributed by atoms with Crippen molar-refractivity contribution in [2.75, 3.05) is 57.9 Å². The molecule has 3 aliphatic heterocycles. The summed E-state index contributed by atoms with van der Waals surface area (Å²) < 4.78 is 51.0. The first-order valence-electron chi connectivity index (χ1n) is 14.3. The molecule has 16 nitrogen and oxygen atoms in total. The zero-order valence-electron chi connectivity index (χ0n) is 25.0. The molecule has 2 fully saturated rings. The van der Waals surface area contributed by atoms with Crippen LogP contribution in [-0.2, 0) is 24.5 Å². The fourth-order valence-electron chi connectivity index (χ4n) is 5.41. The van der Waals surface area contributed by atoms with Gasteiger partial charge in [-0.2, -0.15) is 0 Å². The van der Waals surface area contributed by atoms with Gasteiger partial charge >= 0.3 is 18.5 Å². The Morgan fingerprint density at radius 1 is 1.15 bits per heavy atom. The fraction of sp³-hybridized carbons (Fsp3) is 0.429. The smallest absolute Gasteiger partial charge is 0.547 e. The first kappa shape index (κ1) is 33.6. The predicted octanol–water partition coefficient (Wildman–Crippen LogP) is -1.66. The molecule has 0 spiro atoms. The first-order chi connectivity index (χ1) is 22.2. The number of hydrogen-bond donors (Lipinski definition) is 1. The number of urea groups is 1. The second-order valence-corrected chi connectivity index (χ2v) is 10.8. The largest absolute Gasteiger partial charge is 1.00 e. The molecule has 2 saturated heterocycles. The summed E-state index contributed by atoms with van der Waals surface area (Å²) in [6.45, 7) is 1.99. The number of hydrazone groups is 1. The van der Waals surface area contributed by atoms with E-state index in [1.165, 1.54) is 30.7 Å². The molecule has 250 valence electrons. The van der Waals surface area contributed by atoms with E-state index in [0.717, 1.165) is 12.1 Å². The molecule has 19 heteroatoms. The number of aromatic nitrogens is 4. The van der Waals surface area contributed by atoms with Crippen LogP contribution in [0, 0.1) is 11.6 Å². The van der Waals surface area contributed by atoms with Crippen molar-refractivity contribution in [3.05, 3.63) is 66.0 Å². The van der Waals surface area contributed by atoms with E-state index < -0.39 is 41.6 Å². The highest BCUT2D eigenvalue weighted by Gasteiger charge is 2.48. The number of β-amino-alcohol motifs (C(OH)–C–C–N with tert-alkyl or cyclic N) is 1. The number of carbonyl (C=O) groups is 2. The topological polar surface area (TPSA) is 160 Å². The van der Waals surface area contributed by atoms with Gasteiger partial charge in [0.05, 0.1) is 31.5 Å². The quantitative estimate of drug-likeness (QED) is 0.193. The van der Waals surface area contributed by atoms with Crippen LogP contribution in [0.5, 0.6) is 0 Å². The molecule has 2 aromatic carbocycles. The van der Waals surface area contributed by atoms with Gasteiger partial charge in [0.2, 0.25) is 6.73 Å². The van der Waals surface area contributed by atoms with Crippen LogP contribution in [0.3, 0.4) is 0 Å². The SMILES string of the molecule is C[C@@H](N1CCN(c2ccc(-n3cnnn3)cc2)C1=O)[C@@](O)(CN1CN(COC(=O)OC2COCOC2)[C+]=N1)c1ccc(F)cc1F.[Cl-]. The summed E-state index contributed by atoms with van der Waals surface area (Å²) >= 11 is 0. The summed E-state index contributed by atoms with van der Waals surface area (Å²) in [5, 5.41) is 28.8. The zero-order chi connectivity index (χ0) is 32.3. The van der Waals surface area contributed by atoms with Gasteiger partial charge in [0.25, 0.3) is 0 Å². The van der Waals surface area contributed by atoms with Gasteiger partial charge < -0.3 is 41.4 Å². The number of aliphatic hydroxyl groups is 1. The molecule has 47 heavy (non-hydrogen) atoms. The lowest BCUT2D eigenvalue weighted by atomic mass is 9.85. The van der Waals surface area contributed by atoms with E-state index in [0.29, 0.717) is 24.0 Å². The van der Waals surface area contributed by atoms with Gasteiger partial charge in [-0.25, -0.2) is 28.1 Å². The van der Waals surface area contributed by atoms with Gasteiger partial charge in [-0.3, -0.25) is 4.90 Å². The van der Waals surface area contributed by atoms with E-state index in [2.05, 4.69) is 27.0 Å². The van der Waals surface area contributed by atoms with Crippen molar-refractivity contribution in [1.82, 2.24) is 35.0 Å². The molecule has 3 aromatic rings. The molecule has 4 heterocycles. The molecule has 3 aliphatic rings. The molecular weight excluding hydrogens is 648 g/mol. The number of carbonyl (C=O) groups excluding carboxylic acids is 2. The molecule has 1 aromatic heterocycles. The summed E-state index contributed by atoms with van der Waals surface area (Å²) in [5.41, 5.74) is -0.983. The molecule has 0 radical (unpaired) electrons.